The van der Waals surface area contributed by atoms with Gasteiger partial charge in [0.25, 0.3) is 17.7 Å². The molecule has 0 aliphatic carbocycles. The number of phenols is 3. The number of carboxylic acid groups (broad SMARTS) is 2. The number of carbonyl (C=O) groups is 6. The smallest absolute Gasteiger partial charge is 0.311 e. The average molecular weight is 1130 g/mol. The van der Waals surface area contributed by atoms with Crippen molar-refractivity contribution in [2.75, 3.05) is 0 Å². The van der Waals surface area contributed by atoms with E-state index < -0.39 is 23.8 Å². The number of halogens is 3. The van der Waals surface area contributed by atoms with Gasteiger partial charge in [0.15, 0.2) is 5.75 Å². The van der Waals surface area contributed by atoms with E-state index in [1.54, 1.807) is 118 Å². The van der Waals surface area contributed by atoms with Gasteiger partial charge in [0.2, 0.25) is 0 Å². The second-order valence-electron chi connectivity index (χ2n) is 18.7. The summed E-state index contributed by atoms with van der Waals surface area (Å²) in [7, 11) is 0. The molecule has 0 bridgehead atoms. The van der Waals surface area contributed by atoms with E-state index in [9.17, 15) is 49.2 Å². The van der Waals surface area contributed by atoms with Crippen molar-refractivity contribution in [3.63, 3.8) is 0 Å². The Hall–Kier alpha value is -8.37. The fourth-order valence-corrected chi connectivity index (χ4v) is 10.4. The van der Waals surface area contributed by atoms with E-state index in [0.717, 1.165) is 19.3 Å². The number of rotatable bonds is 13. The maximum absolute atomic E-state index is 13.2. The van der Waals surface area contributed by atoms with E-state index in [1.807, 2.05) is 13.8 Å². The van der Waals surface area contributed by atoms with Crippen LogP contribution in [-0.2, 0) is 27.2 Å². The van der Waals surface area contributed by atoms with E-state index in [4.69, 9.17) is 44.6 Å². The maximum Gasteiger partial charge on any atom is 0.311 e. The number of hydrogen-bond acceptors (Lipinski definition) is 10. The van der Waals surface area contributed by atoms with Crippen molar-refractivity contribution in [2.45, 2.75) is 86.0 Å². The molecule has 0 amide bonds. The van der Waals surface area contributed by atoms with E-state index in [1.165, 1.54) is 44.9 Å². The molecule has 0 aliphatic rings. The maximum atomic E-state index is 13.2. The number of aromatic hydroxyl groups is 3. The zero-order valence-corrected chi connectivity index (χ0v) is 46.2. The Morgan fingerprint density at radius 1 is 0.557 bits per heavy atom. The van der Waals surface area contributed by atoms with Crippen LogP contribution in [0.15, 0.2) is 121 Å². The van der Waals surface area contributed by atoms with Gasteiger partial charge in [-0.05, 0) is 148 Å². The van der Waals surface area contributed by atoms with Crippen molar-refractivity contribution >= 4 is 103 Å². The summed E-state index contributed by atoms with van der Waals surface area (Å²) in [5.41, 5.74) is 6.25. The van der Waals surface area contributed by atoms with Gasteiger partial charge in [0, 0.05) is 66.4 Å². The molecule has 3 aromatic heterocycles. The number of phenolic OH excluding ortho intramolecular Hbond substituents is 3. The number of carboxylic acids is 2. The van der Waals surface area contributed by atoms with E-state index in [-0.39, 0.29) is 41.4 Å². The topological polar surface area (TPSA) is 228 Å². The zero-order chi connectivity index (χ0) is 57.6. The number of aromatic nitrogens is 3. The van der Waals surface area contributed by atoms with Crippen molar-refractivity contribution < 1.29 is 59.0 Å². The standard InChI is InChI=1S/C22H22ClNO4.C21H20ClNO4.C18H14ClNO4/c1-3-4-8-17(22(27)28)20-13(2)24(19-10-9-16(25)12-18(19)20)21(26)14-6-5-7-15(23)11-14;1-4-6-16-18(25)10-9-17-19(16)20(27-13(3)24)12(2)23(17)21(26)14-7-5-8-15(22)11-14;1-10-14(9-17(22)23)15-8-13(21)5-6-16(15)20(10)18(24)11-3-2-4-12(19)7-11/h5-7,9-12,17,25H,3-4,8H2,1-2H3,(H,27,28);5,7-11,25H,4,6H2,1-3H3;2-8,21H,9H2,1H3,(H,22,23). The largest absolute Gasteiger partial charge is 0.508 e. The molecule has 0 saturated heterocycles. The SMILES string of the molecule is CCCCC(C(=O)O)c1c(C)n(C(=O)c2cccc(Cl)c2)c2ccc(O)cc12.CCCc1c(O)ccc2c1c(OC(C)=O)c(C)n2C(=O)c1cccc(Cl)c1.Cc1c(CC(=O)O)c2cc(O)ccc2n1C(=O)c1cccc(Cl)c1. The molecule has 0 saturated carbocycles. The van der Waals surface area contributed by atoms with Gasteiger partial charge in [0.05, 0.1) is 40.0 Å². The molecular formula is C61H56Cl3N3O12. The number of nitrogens with zero attached hydrogens (tertiary/aromatic N) is 3. The molecule has 1 unspecified atom stereocenters. The van der Waals surface area contributed by atoms with Crippen molar-refractivity contribution in [3.05, 3.63) is 187 Å². The van der Waals surface area contributed by atoms with Crippen LogP contribution in [0.5, 0.6) is 23.0 Å². The number of ether oxygens (including phenoxy) is 1. The van der Waals surface area contributed by atoms with Crippen molar-refractivity contribution in [1.29, 1.82) is 0 Å². The molecule has 0 spiro atoms. The molecule has 9 rings (SSSR count). The molecule has 18 heteroatoms. The number of aryl methyl sites for hydroxylation is 1. The third kappa shape index (κ3) is 12.5. The second kappa shape index (κ2) is 25.0. The monoisotopic (exact) mass is 1130 g/mol. The summed E-state index contributed by atoms with van der Waals surface area (Å²) in [6, 6.07) is 32.3. The van der Waals surface area contributed by atoms with Crippen LogP contribution >= 0.6 is 34.8 Å². The number of benzene rings is 6. The van der Waals surface area contributed by atoms with Crippen LogP contribution in [0, 0.1) is 20.8 Å². The highest BCUT2D eigenvalue weighted by molar-refractivity contribution is 6.31. The Bertz CT molecular complexity index is 3870. The highest BCUT2D eigenvalue weighted by atomic mass is 35.5. The van der Waals surface area contributed by atoms with E-state index >= 15 is 0 Å². The quantitative estimate of drug-likeness (QED) is 0.0680. The third-order valence-corrected chi connectivity index (χ3v) is 14.0. The molecule has 0 aliphatic heterocycles. The second-order valence-corrected chi connectivity index (χ2v) is 20.0. The number of carbonyl (C=O) groups excluding carboxylic acids is 4. The predicted octanol–water partition coefficient (Wildman–Crippen LogP) is 13.9. The van der Waals surface area contributed by atoms with Gasteiger partial charge in [-0.15, -0.1) is 0 Å². The van der Waals surface area contributed by atoms with Crippen LogP contribution in [0.3, 0.4) is 0 Å². The van der Waals surface area contributed by atoms with Crippen molar-refractivity contribution in [1.82, 2.24) is 13.7 Å². The predicted molar refractivity (Wildman–Crippen MR) is 305 cm³/mol. The fraction of sp³-hybridized carbons (Fsp3) is 0.213. The lowest BCUT2D eigenvalue weighted by Gasteiger charge is -2.13. The molecule has 3 heterocycles. The first-order chi connectivity index (χ1) is 37.6. The summed E-state index contributed by atoms with van der Waals surface area (Å²) < 4.78 is 9.91. The first-order valence-electron chi connectivity index (χ1n) is 25.1. The first kappa shape index (κ1) is 58.3. The molecule has 9 aromatic rings. The summed E-state index contributed by atoms with van der Waals surface area (Å²) in [6.45, 7) is 10.5. The van der Waals surface area contributed by atoms with Crippen LogP contribution in [0.2, 0.25) is 15.1 Å². The number of esters is 1. The number of unbranched alkanes of at least 4 members (excludes halogenated alkanes) is 1. The van der Waals surface area contributed by atoms with Crippen molar-refractivity contribution in [3.8, 4) is 23.0 Å². The Morgan fingerprint density at radius 2 is 1.03 bits per heavy atom. The summed E-state index contributed by atoms with van der Waals surface area (Å²) in [5.74, 6) is -3.60. The van der Waals surface area contributed by atoms with Gasteiger partial charge >= 0.3 is 17.9 Å². The molecule has 0 radical (unpaired) electrons. The Balaban J connectivity index is 0.000000172. The average Bonchev–Trinajstić information content (AvgIpc) is 4.04. The van der Waals surface area contributed by atoms with Crippen molar-refractivity contribution in [2.24, 2.45) is 0 Å². The molecule has 5 N–H and O–H groups in total. The Morgan fingerprint density at radius 3 is 1.48 bits per heavy atom. The lowest BCUT2D eigenvalue weighted by atomic mass is 9.91. The number of aliphatic carboxylic acids is 2. The molecular weight excluding hydrogens is 1070 g/mol. The van der Waals surface area contributed by atoms with E-state index in [2.05, 4.69) is 0 Å². The normalized spacial score (nSPS) is 11.4. The van der Waals surface area contributed by atoms with Gasteiger partial charge in [-0.2, -0.15) is 0 Å². The third-order valence-electron chi connectivity index (χ3n) is 13.3. The minimum absolute atomic E-state index is 0.0153. The highest BCUT2D eigenvalue weighted by Crippen LogP contribution is 2.41. The van der Waals surface area contributed by atoms with Gasteiger partial charge in [-0.1, -0.05) is 86.1 Å². The van der Waals surface area contributed by atoms with Crippen LogP contribution in [0.1, 0.15) is 117 Å². The number of hydrogen-bond donors (Lipinski definition) is 5. The molecule has 6 aromatic carbocycles. The van der Waals surface area contributed by atoms with Crippen LogP contribution in [0.25, 0.3) is 32.7 Å². The molecule has 1 atom stereocenters. The minimum atomic E-state index is -1.00. The fourth-order valence-electron chi connectivity index (χ4n) is 9.85. The molecule has 0 fully saturated rings. The van der Waals surface area contributed by atoms with Crippen LogP contribution in [-0.4, -0.2) is 74.9 Å². The minimum Gasteiger partial charge on any atom is -0.508 e. The van der Waals surface area contributed by atoms with Gasteiger partial charge < -0.3 is 30.3 Å². The van der Waals surface area contributed by atoms with Gasteiger partial charge in [-0.25, -0.2) is 0 Å². The Kier molecular flexibility index (Phi) is 18.4. The molecule has 15 nitrogen and oxygen atoms in total. The summed E-state index contributed by atoms with van der Waals surface area (Å²) in [5, 5.41) is 52.1. The van der Waals surface area contributed by atoms with Gasteiger partial charge in [0.1, 0.15) is 17.2 Å². The molecule has 408 valence electrons. The van der Waals surface area contributed by atoms with E-state index in [0.29, 0.717) is 117 Å². The van der Waals surface area contributed by atoms with Crippen LogP contribution < -0.4 is 4.74 Å². The highest BCUT2D eigenvalue weighted by Gasteiger charge is 2.30. The van der Waals surface area contributed by atoms with Gasteiger partial charge in [-0.3, -0.25) is 42.5 Å². The number of fused-ring (bicyclic) bond motifs is 3. The first-order valence-corrected chi connectivity index (χ1v) is 26.3. The molecule has 79 heavy (non-hydrogen) atoms. The summed E-state index contributed by atoms with van der Waals surface area (Å²) in [6.07, 6.45) is 3.23. The summed E-state index contributed by atoms with van der Waals surface area (Å²) >= 11 is 18.0. The lowest BCUT2D eigenvalue weighted by molar-refractivity contribution is -0.139. The zero-order valence-electron chi connectivity index (χ0n) is 43.9. The lowest BCUT2D eigenvalue weighted by Crippen LogP contribution is -2.16. The Labute approximate surface area is 469 Å². The van der Waals surface area contributed by atoms with Crippen LogP contribution in [0.4, 0.5) is 0 Å². The summed E-state index contributed by atoms with van der Waals surface area (Å²) in [4.78, 5) is 74.2.